The molecule has 0 amide bonds. The average Bonchev–Trinajstić information content (AvgIpc) is 2.74. The number of nitrogens with zero attached hydrogens (tertiary/aromatic N) is 1. The van der Waals surface area contributed by atoms with Crippen molar-refractivity contribution < 1.29 is 14.9 Å². The van der Waals surface area contributed by atoms with Gasteiger partial charge in [-0.05, 0) is 51.0 Å². The first-order valence-corrected chi connectivity index (χ1v) is 7.08. The molecule has 2 unspecified atom stereocenters. The molecule has 1 heterocycles. The van der Waals surface area contributed by atoms with Crippen LogP contribution in [0.25, 0.3) is 0 Å². The van der Waals surface area contributed by atoms with Gasteiger partial charge in [0, 0.05) is 12.5 Å². The fourth-order valence-electron chi connectivity index (χ4n) is 2.48. The molecule has 19 heavy (non-hydrogen) atoms. The van der Waals surface area contributed by atoms with Crippen molar-refractivity contribution in [2.45, 2.75) is 63.8 Å². The minimum absolute atomic E-state index is 0.0238. The largest absolute Gasteiger partial charge is 0.396 e. The van der Waals surface area contributed by atoms with Crippen molar-refractivity contribution in [3.05, 3.63) is 12.2 Å². The van der Waals surface area contributed by atoms with Crippen LogP contribution in [0, 0.1) is 17.2 Å². The molecule has 0 spiro atoms. The lowest BCUT2D eigenvalue weighted by atomic mass is 9.98. The van der Waals surface area contributed by atoms with E-state index in [0.717, 1.165) is 31.3 Å². The fourth-order valence-corrected chi connectivity index (χ4v) is 2.48. The third kappa shape index (κ3) is 5.73. The summed E-state index contributed by atoms with van der Waals surface area (Å²) < 4.78 is 5.87. The van der Waals surface area contributed by atoms with Gasteiger partial charge in [0.1, 0.15) is 0 Å². The molecule has 4 heteroatoms. The number of aliphatic hydroxyl groups excluding tert-OH is 2. The zero-order chi connectivity index (χ0) is 14.3. The summed E-state index contributed by atoms with van der Waals surface area (Å²) in [6, 6.07) is 2.13. The van der Waals surface area contributed by atoms with Gasteiger partial charge in [0.15, 0.2) is 0 Å². The van der Waals surface area contributed by atoms with Crippen molar-refractivity contribution >= 4 is 0 Å². The van der Waals surface area contributed by atoms with Gasteiger partial charge >= 0.3 is 0 Å². The second-order valence-corrected chi connectivity index (χ2v) is 5.47. The molecule has 0 aromatic carbocycles. The molecule has 0 aliphatic carbocycles. The summed E-state index contributed by atoms with van der Waals surface area (Å²) in [7, 11) is 0. The highest BCUT2D eigenvalue weighted by molar-refractivity contribution is 5.09. The molecule has 0 saturated carbocycles. The van der Waals surface area contributed by atoms with E-state index in [0.29, 0.717) is 12.8 Å². The van der Waals surface area contributed by atoms with Gasteiger partial charge < -0.3 is 14.9 Å². The van der Waals surface area contributed by atoms with Gasteiger partial charge in [-0.1, -0.05) is 6.58 Å². The molecular formula is C15H25NO3. The molecule has 1 fully saturated rings. The molecule has 0 aromatic rings. The first kappa shape index (κ1) is 16.2. The number of nitriles is 1. The van der Waals surface area contributed by atoms with E-state index in [1.54, 1.807) is 0 Å². The zero-order valence-electron chi connectivity index (χ0n) is 11.7. The molecule has 108 valence electrons. The van der Waals surface area contributed by atoms with E-state index >= 15 is 0 Å². The van der Waals surface area contributed by atoms with Crippen LogP contribution < -0.4 is 0 Å². The van der Waals surface area contributed by atoms with Crippen LogP contribution in [0.1, 0.15) is 45.4 Å². The van der Waals surface area contributed by atoms with Crippen molar-refractivity contribution in [1.82, 2.24) is 0 Å². The van der Waals surface area contributed by atoms with Crippen LogP contribution in [0.5, 0.6) is 0 Å². The van der Waals surface area contributed by atoms with E-state index in [1.165, 1.54) is 0 Å². The van der Waals surface area contributed by atoms with E-state index < -0.39 is 6.10 Å². The van der Waals surface area contributed by atoms with Crippen molar-refractivity contribution in [2.75, 3.05) is 6.61 Å². The lowest BCUT2D eigenvalue weighted by Gasteiger charge is -2.16. The first-order valence-electron chi connectivity index (χ1n) is 7.08. The highest BCUT2D eigenvalue weighted by Crippen LogP contribution is 2.30. The van der Waals surface area contributed by atoms with Crippen molar-refractivity contribution in [3.8, 4) is 6.07 Å². The molecule has 2 N–H and O–H groups in total. The number of hydrogen-bond acceptors (Lipinski definition) is 4. The Morgan fingerprint density at radius 2 is 2.26 bits per heavy atom. The van der Waals surface area contributed by atoms with Crippen LogP contribution in [-0.4, -0.2) is 35.1 Å². The second kappa shape index (κ2) is 8.31. The normalized spacial score (nSPS) is 26.1. The van der Waals surface area contributed by atoms with Gasteiger partial charge in [-0.2, -0.15) is 5.26 Å². The summed E-state index contributed by atoms with van der Waals surface area (Å²) in [5.41, 5.74) is 1.09. The summed E-state index contributed by atoms with van der Waals surface area (Å²) in [6.07, 6.45) is 4.14. The summed E-state index contributed by atoms with van der Waals surface area (Å²) in [5.74, 6) is -0.111. The zero-order valence-corrected chi connectivity index (χ0v) is 11.7. The third-order valence-corrected chi connectivity index (χ3v) is 3.59. The lowest BCUT2D eigenvalue weighted by molar-refractivity contribution is 0.0293. The molecule has 0 bridgehead atoms. The van der Waals surface area contributed by atoms with Crippen LogP contribution in [0.2, 0.25) is 0 Å². The minimum Gasteiger partial charge on any atom is -0.396 e. The Kier molecular flexibility index (Phi) is 7.07. The SMILES string of the molecule is C=C1C[C@H](CCCO)OC1CCC(O)C[C@@H](C)C#N. The van der Waals surface area contributed by atoms with Gasteiger partial charge in [0.25, 0.3) is 0 Å². The maximum absolute atomic E-state index is 9.84. The maximum atomic E-state index is 9.84. The minimum atomic E-state index is -0.442. The van der Waals surface area contributed by atoms with E-state index in [2.05, 4.69) is 12.6 Å². The first-order chi connectivity index (χ1) is 9.06. The van der Waals surface area contributed by atoms with Crippen LogP contribution in [0.4, 0.5) is 0 Å². The van der Waals surface area contributed by atoms with Gasteiger partial charge in [-0.3, -0.25) is 0 Å². The molecule has 1 rings (SSSR count). The topological polar surface area (TPSA) is 73.5 Å². The summed E-state index contributed by atoms with van der Waals surface area (Å²) in [6.45, 7) is 6.04. The van der Waals surface area contributed by atoms with Crippen LogP contribution in [0.15, 0.2) is 12.2 Å². The molecular weight excluding hydrogens is 242 g/mol. The quantitative estimate of drug-likeness (QED) is 0.661. The Balaban J connectivity index is 2.26. The highest BCUT2D eigenvalue weighted by atomic mass is 16.5. The van der Waals surface area contributed by atoms with E-state index in [4.69, 9.17) is 15.1 Å². The fraction of sp³-hybridized carbons (Fsp3) is 0.800. The summed E-state index contributed by atoms with van der Waals surface area (Å²) >= 11 is 0. The monoisotopic (exact) mass is 267 g/mol. The predicted octanol–water partition coefficient (Wildman–Crippen LogP) is 2.16. The molecule has 0 aromatic heterocycles. The van der Waals surface area contributed by atoms with Crippen LogP contribution >= 0.6 is 0 Å². The molecule has 1 aliphatic heterocycles. The maximum Gasteiger partial charge on any atom is 0.0788 e. The molecule has 1 saturated heterocycles. The average molecular weight is 267 g/mol. The Bertz CT molecular complexity index is 324. The number of ether oxygens (including phenoxy) is 1. The van der Waals surface area contributed by atoms with Crippen molar-refractivity contribution in [3.63, 3.8) is 0 Å². The Labute approximate surface area is 115 Å². The summed E-state index contributed by atoms with van der Waals surface area (Å²) in [5, 5.41) is 27.3. The number of rotatable bonds is 8. The molecule has 0 radical (unpaired) electrons. The van der Waals surface area contributed by atoms with Crippen LogP contribution in [-0.2, 0) is 4.74 Å². The van der Waals surface area contributed by atoms with Gasteiger partial charge in [-0.15, -0.1) is 0 Å². The van der Waals surface area contributed by atoms with E-state index in [1.807, 2.05) is 6.92 Å². The van der Waals surface area contributed by atoms with E-state index in [-0.39, 0.29) is 24.7 Å². The second-order valence-electron chi connectivity index (χ2n) is 5.47. The Hall–Kier alpha value is -0.890. The van der Waals surface area contributed by atoms with Crippen molar-refractivity contribution in [2.24, 2.45) is 5.92 Å². The Morgan fingerprint density at radius 3 is 2.89 bits per heavy atom. The third-order valence-electron chi connectivity index (χ3n) is 3.59. The van der Waals surface area contributed by atoms with E-state index in [9.17, 15) is 5.11 Å². The molecule has 4 nitrogen and oxygen atoms in total. The number of aliphatic hydroxyl groups is 2. The van der Waals surface area contributed by atoms with Gasteiger partial charge in [0.05, 0.1) is 24.4 Å². The Morgan fingerprint density at radius 1 is 1.53 bits per heavy atom. The standard InChI is InChI=1S/C15H25NO3/c1-11(10-16)8-13(18)5-6-15-12(2)9-14(19-15)4-3-7-17/h11,13-15,17-18H,2-9H2,1H3/t11-,13?,14+,15?/m1/s1. The molecule has 1 aliphatic rings. The summed E-state index contributed by atoms with van der Waals surface area (Å²) in [4.78, 5) is 0. The smallest absolute Gasteiger partial charge is 0.0788 e. The highest BCUT2D eigenvalue weighted by Gasteiger charge is 2.28. The molecule has 4 atom stereocenters. The predicted molar refractivity (Wildman–Crippen MR) is 73.4 cm³/mol. The number of hydrogen-bond donors (Lipinski definition) is 2. The van der Waals surface area contributed by atoms with Crippen LogP contribution in [0.3, 0.4) is 0 Å². The van der Waals surface area contributed by atoms with Crippen molar-refractivity contribution in [1.29, 1.82) is 5.26 Å². The lowest BCUT2D eigenvalue weighted by Crippen LogP contribution is -2.17. The van der Waals surface area contributed by atoms with Gasteiger partial charge in [-0.25, -0.2) is 0 Å². The van der Waals surface area contributed by atoms with Gasteiger partial charge in [0.2, 0.25) is 0 Å².